The molecule has 3 rings (SSSR count). The Hall–Kier alpha value is -1.92. The van der Waals surface area contributed by atoms with Gasteiger partial charge in [0.05, 0.1) is 6.54 Å². The quantitative estimate of drug-likeness (QED) is 0.614. The molecule has 0 spiro atoms. The van der Waals surface area contributed by atoms with E-state index in [0.29, 0.717) is 6.54 Å². The maximum absolute atomic E-state index is 13.2. The normalized spacial score (nSPS) is 15.0. The summed E-state index contributed by atoms with van der Waals surface area (Å²) < 4.78 is 13.2. The minimum Gasteiger partial charge on any atom is -0.357 e. The van der Waals surface area contributed by atoms with Gasteiger partial charge in [0.1, 0.15) is 5.82 Å². The Morgan fingerprint density at radius 2 is 2.24 bits per heavy atom. The lowest BCUT2D eigenvalue weighted by atomic mass is 10.1. The molecule has 0 saturated heterocycles. The summed E-state index contributed by atoms with van der Waals surface area (Å²) in [6, 6.07) is 8.83. The number of hydrogen-bond donors (Lipinski definition) is 2. The summed E-state index contributed by atoms with van der Waals surface area (Å²) in [5.41, 5.74) is 2.35. The van der Waals surface area contributed by atoms with E-state index in [1.807, 2.05) is 24.3 Å². The molecule has 1 aliphatic heterocycles. The van der Waals surface area contributed by atoms with E-state index in [1.54, 1.807) is 6.07 Å². The highest BCUT2D eigenvalue weighted by Gasteiger charge is 2.16. The van der Waals surface area contributed by atoms with Gasteiger partial charge in [-0.1, -0.05) is 12.1 Å². The number of halogens is 1. The first-order valence-corrected chi connectivity index (χ1v) is 9.67. The molecule has 1 aromatic heterocycles. The Morgan fingerprint density at radius 1 is 1.32 bits per heavy atom. The molecule has 0 unspecified atom stereocenters. The Labute approximate surface area is 152 Å². The molecule has 4 nitrogen and oxygen atoms in total. The van der Waals surface area contributed by atoms with Crippen LogP contribution in [0.2, 0.25) is 0 Å². The van der Waals surface area contributed by atoms with Gasteiger partial charge < -0.3 is 10.6 Å². The first-order chi connectivity index (χ1) is 12.2. The molecule has 0 atom stereocenters. The predicted molar refractivity (Wildman–Crippen MR) is 103 cm³/mol. The van der Waals surface area contributed by atoms with E-state index in [0.717, 1.165) is 50.7 Å². The maximum atomic E-state index is 13.2. The number of thiophene rings is 1. The van der Waals surface area contributed by atoms with Crippen molar-refractivity contribution >= 4 is 17.3 Å². The molecule has 0 saturated carbocycles. The van der Waals surface area contributed by atoms with Crippen LogP contribution in [0.5, 0.6) is 0 Å². The van der Waals surface area contributed by atoms with Crippen LogP contribution in [0.15, 0.2) is 40.7 Å². The first-order valence-electron chi connectivity index (χ1n) is 8.79. The van der Waals surface area contributed by atoms with Crippen LogP contribution < -0.4 is 10.6 Å². The van der Waals surface area contributed by atoms with Crippen molar-refractivity contribution in [2.45, 2.75) is 26.4 Å². The Balaban J connectivity index is 1.48. The number of guanidine groups is 1. The Kier molecular flexibility index (Phi) is 6.42. The van der Waals surface area contributed by atoms with E-state index >= 15 is 0 Å². The molecule has 2 N–H and O–H groups in total. The fourth-order valence-corrected chi connectivity index (χ4v) is 3.87. The second-order valence-corrected chi connectivity index (χ2v) is 7.15. The van der Waals surface area contributed by atoms with E-state index in [9.17, 15) is 4.39 Å². The zero-order valence-electron chi connectivity index (χ0n) is 14.6. The van der Waals surface area contributed by atoms with Crippen molar-refractivity contribution < 1.29 is 4.39 Å². The van der Waals surface area contributed by atoms with Crippen molar-refractivity contribution in [1.82, 2.24) is 15.5 Å². The molecular formula is C19H25FN4S. The summed E-state index contributed by atoms with van der Waals surface area (Å²) in [5, 5.41) is 8.81. The van der Waals surface area contributed by atoms with Gasteiger partial charge in [0, 0.05) is 37.6 Å². The van der Waals surface area contributed by atoms with Gasteiger partial charge in [-0.15, -0.1) is 11.3 Å². The van der Waals surface area contributed by atoms with E-state index < -0.39 is 0 Å². The summed E-state index contributed by atoms with van der Waals surface area (Å²) in [4.78, 5) is 8.55. The Bertz CT molecular complexity index is 713. The minimum absolute atomic E-state index is 0.219. The van der Waals surface area contributed by atoms with Gasteiger partial charge in [-0.2, -0.15) is 0 Å². The van der Waals surface area contributed by atoms with Gasteiger partial charge in [0.25, 0.3) is 0 Å². The van der Waals surface area contributed by atoms with Crippen LogP contribution in [0, 0.1) is 5.82 Å². The minimum atomic E-state index is -0.219. The number of rotatable bonds is 6. The van der Waals surface area contributed by atoms with Crippen molar-refractivity contribution in [2.24, 2.45) is 4.99 Å². The third-order valence-corrected chi connectivity index (χ3v) is 5.28. The molecule has 0 aliphatic carbocycles. The molecule has 6 heteroatoms. The van der Waals surface area contributed by atoms with Crippen LogP contribution in [0.25, 0.3) is 0 Å². The van der Waals surface area contributed by atoms with Crippen molar-refractivity contribution in [3.63, 3.8) is 0 Å². The molecule has 0 fully saturated rings. The smallest absolute Gasteiger partial charge is 0.191 e. The SMILES string of the molecule is CCNC(=NCc1cccc(F)c1)NCCN1CCc2sccc2C1. The van der Waals surface area contributed by atoms with Crippen molar-refractivity contribution in [1.29, 1.82) is 0 Å². The van der Waals surface area contributed by atoms with Crippen LogP contribution in [-0.2, 0) is 19.5 Å². The van der Waals surface area contributed by atoms with Gasteiger partial charge in [0.2, 0.25) is 0 Å². The highest BCUT2D eigenvalue weighted by Crippen LogP contribution is 2.23. The average Bonchev–Trinajstić information content (AvgIpc) is 3.07. The molecular weight excluding hydrogens is 335 g/mol. The number of nitrogens with one attached hydrogen (secondary N) is 2. The molecule has 0 radical (unpaired) electrons. The van der Waals surface area contributed by atoms with E-state index in [2.05, 4.69) is 32.0 Å². The van der Waals surface area contributed by atoms with Crippen LogP contribution in [0.1, 0.15) is 22.9 Å². The molecule has 1 aromatic carbocycles. The molecule has 2 aromatic rings. The van der Waals surface area contributed by atoms with E-state index in [4.69, 9.17) is 0 Å². The lowest BCUT2D eigenvalue weighted by molar-refractivity contribution is 0.260. The fraction of sp³-hybridized carbons (Fsp3) is 0.421. The molecule has 0 bridgehead atoms. The molecule has 134 valence electrons. The second kappa shape index (κ2) is 8.97. The van der Waals surface area contributed by atoms with E-state index in [-0.39, 0.29) is 5.82 Å². The monoisotopic (exact) mass is 360 g/mol. The Morgan fingerprint density at radius 3 is 3.08 bits per heavy atom. The predicted octanol–water partition coefficient (Wildman–Crippen LogP) is 3.00. The number of hydrogen-bond acceptors (Lipinski definition) is 3. The maximum Gasteiger partial charge on any atom is 0.191 e. The third kappa shape index (κ3) is 5.28. The van der Waals surface area contributed by atoms with Gasteiger partial charge >= 0.3 is 0 Å². The molecule has 1 aliphatic rings. The molecule has 2 heterocycles. The summed E-state index contributed by atoms with van der Waals surface area (Å²) in [6.07, 6.45) is 1.15. The molecule has 25 heavy (non-hydrogen) atoms. The molecule has 0 amide bonds. The summed E-state index contributed by atoms with van der Waals surface area (Å²) >= 11 is 1.87. The van der Waals surface area contributed by atoms with Crippen molar-refractivity contribution in [3.8, 4) is 0 Å². The number of fused-ring (bicyclic) bond motifs is 1. The van der Waals surface area contributed by atoms with Gasteiger partial charge in [-0.25, -0.2) is 9.38 Å². The lowest BCUT2D eigenvalue weighted by Gasteiger charge is -2.27. The van der Waals surface area contributed by atoms with Gasteiger partial charge in [0.15, 0.2) is 5.96 Å². The zero-order valence-corrected chi connectivity index (χ0v) is 15.4. The van der Waals surface area contributed by atoms with Crippen molar-refractivity contribution in [2.75, 3.05) is 26.2 Å². The zero-order chi connectivity index (χ0) is 17.5. The largest absolute Gasteiger partial charge is 0.357 e. The average molecular weight is 361 g/mol. The summed E-state index contributed by atoms with van der Waals surface area (Å²) in [5.74, 6) is 0.559. The van der Waals surface area contributed by atoms with Crippen LogP contribution in [-0.4, -0.2) is 37.0 Å². The first kappa shape index (κ1) is 17.9. The number of nitrogens with zero attached hydrogens (tertiary/aromatic N) is 2. The summed E-state index contributed by atoms with van der Waals surface area (Å²) in [7, 11) is 0. The third-order valence-electron chi connectivity index (χ3n) is 4.26. The van der Waals surface area contributed by atoms with Gasteiger partial charge in [-0.05, 0) is 48.1 Å². The summed E-state index contributed by atoms with van der Waals surface area (Å²) in [6.45, 7) is 7.30. The van der Waals surface area contributed by atoms with Crippen molar-refractivity contribution in [3.05, 3.63) is 57.5 Å². The second-order valence-electron chi connectivity index (χ2n) is 6.15. The topological polar surface area (TPSA) is 39.7 Å². The lowest BCUT2D eigenvalue weighted by Crippen LogP contribution is -2.42. The number of benzene rings is 1. The van der Waals surface area contributed by atoms with Crippen LogP contribution >= 0.6 is 11.3 Å². The van der Waals surface area contributed by atoms with Gasteiger partial charge in [-0.3, -0.25) is 4.90 Å². The highest BCUT2D eigenvalue weighted by molar-refractivity contribution is 7.10. The number of aliphatic imine (C=N–C) groups is 1. The van der Waals surface area contributed by atoms with Crippen LogP contribution in [0.4, 0.5) is 4.39 Å². The van der Waals surface area contributed by atoms with E-state index in [1.165, 1.54) is 22.6 Å². The highest BCUT2D eigenvalue weighted by atomic mass is 32.1. The fourth-order valence-electron chi connectivity index (χ4n) is 2.98. The van der Waals surface area contributed by atoms with Crippen LogP contribution in [0.3, 0.4) is 0 Å². The standard InChI is InChI=1S/C19H25FN4S/c1-2-21-19(23-13-15-4-3-5-17(20)12-15)22-8-10-24-9-6-18-16(14-24)7-11-25-18/h3-5,7,11-12H,2,6,8-10,13-14H2,1H3,(H2,21,22,23).